The maximum absolute atomic E-state index is 8.98. The standard InChI is InChI=1S/C11H27N3O/c1-11(10-15)14(5)9-8-13(4)7-6-12(2)3/h11,15H,6-10H2,1-5H3. The van der Waals surface area contributed by atoms with Gasteiger partial charge < -0.3 is 19.8 Å². The lowest BCUT2D eigenvalue weighted by atomic mass is 10.3. The van der Waals surface area contributed by atoms with Crippen molar-refractivity contribution in [2.75, 3.05) is 61.0 Å². The molecule has 0 amide bonds. The minimum Gasteiger partial charge on any atom is -0.395 e. The zero-order valence-electron chi connectivity index (χ0n) is 10.9. The van der Waals surface area contributed by atoms with Gasteiger partial charge in [-0.25, -0.2) is 0 Å². The van der Waals surface area contributed by atoms with Gasteiger partial charge in [-0.1, -0.05) is 0 Å². The number of hydrogen-bond acceptors (Lipinski definition) is 4. The molecule has 0 aromatic heterocycles. The molecule has 15 heavy (non-hydrogen) atoms. The van der Waals surface area contributed by atoms with Gasteiger partial charge in [0.15, 0.2) is 0 Å². The van der Waals surface area contributed by atoms with Crippen LogP contribution in [0.1, 0.15) is 6.92 Å². The van der Waals surface area contributed by atoms with Crippen molar-refractivity contribution in [2.24, 2.45) is 0 Å². The molecule has 0 saturated carbocycles. The van der Waals surface area contributed by atoms with Crippen LogP contribution in [0.5, 0.6) is 0 Å². The Morgan fingerprint density at radius 2 is 1.47 bits per heavy atom. The van der Waals surface area contributed by atoms with Gasteiger partial charge in [-0.3, -0.25) is 0 Å². The van der Waals surface area contributed by atoms with Gasteiger partial charge in [-0.15, -0.1) is 0 Å². The summed E-state index contributed by atoms with van der Waals surface area (Å²) in [4.78, 5) is 6.70. The summed E-state index contributed by atoms with van der Waals surface area (Å²) in [6, 6.07) is 0.257. The highest BCUT2D eigenvalue weighted by atomic mass is 16.3. The first kappa shape index (κ1) is 14.8. The van der Waals surface area contributed by atoms with Gasteiger partial charge in [0.05, 0.1) is 6.61 Å². The number of aliphatic hydroxyl groups excluding tert-OH is 1. The van der Waals surface area contributed by atoms with Crippen molar-refractivity contribution in [3.63, 3.8) is 0 Å². The van der Waals surface area contributed by atoms with Gasteiger partial charge in [0.2, 0.25) is 0 Å². The molecule has 92 valence electrons. The number of aliphatic hydroxyl groups is 1. The first-order chi connectivity index (χ1) is 6.97. The topological polar surface area (TPSA) is 30.0 Å². The Balaban J connectivity index is 3.56. The second kappa shape index (κ2) is 8.05. The Hall–Kier alpha value is -0.160. The third kappa shape index (κ3) is 7.73. The van der Waals surface area contributed by atoms with Crippen LogP contribution in [-0.4, -0.2) is 86.8 Å². The highest BCUT2D eigenvalue weighted by Crippen LogP contribution is 1.94. The summed E-state index contributed by atoms with van der Waals surface area (Å²) in [7, 11) is 8.38. The summed E-state index contributed by atoms with van der Waals surface area (Å²) in [5, 5.41) is 8.98. The lowest BCUT2D eigenvalue weighted by Crippen LogP contribution is -2.39. The van der Waals surface area contributed by atoms with Crippen LogP contribution in [0, 0.1) is 0 Å². The van der Waals surface area contributed by atoms with Gasteiger partial charge in [-0.2, -0.15) is 0 Å². The number of likely N-dealkylation sites (N-methyl/N-ethyl adjacent to an activating group) is 3. The molecule has 1 atom stereocenters. The Bertz CT molecular complexity index is 153. The smallest absolute Gasteiger partial charge is 0.0584 e. The minimum absolute atomic E-state index is 0.234. The monoisotopic (exact) mass is 217 g/mol. The summed E-state index contributed by atoms with van der Waals surface area (Å²) in [6.07, 6.45) is 0. The fraction of sp³-hybridized carbons (Fsp3) is 1.00. The largest absolute Gasteiger partial charge is 0.395 e. The molecule has 0 aromatic rings. The highest BCUT2D eigenvalue weighted by Gasteiger charge is 2.08. The van der Waals surface area contributed by atoms with Crippen LogP contribution in [-0.2, 0) is 0 Å². The summed E-state index contributed by atoms with van der Waals surface area (Å²) >= 11 is 0. The SMILES string of the molecule is CC(CO)N(C)CCN(C)CCN(C)C. The predicted octanol–water partition coefficient (Wildman–Crippen LogP) is -0.208. The van der Waals surface area contributed by atoms with E-state index in [1.165, 1.54) is 0 Å². The van der Waals surface area contributed by atoms with E-state index in [2.05, 4.69) is 42.9 Å². The first-order valence-electron chi connectivity index (χ1n) is 5.61. The van der Waals surface area contributed by atoms with Gasteiger partial charge in [0.25, 0.3) is 0 Å². The van der Waals surface area contributed by atoms with Crippen LogP contribution in [0.25, 0.3) is 0 Å². The van der Waals surface area contributed by atoms with Crippen molar-refractivity contribution in [2.45, 2.75) is 13.0 Å². The number of nitrogens with zero attached hydrogens (tertiary/aromatic N) is 3. The Labute approximate surface area is 94.5 Å². The average Bonchev–Trinajstić information content (AvgIpc) is 2.21. The molecule has 0 aliphatic carbocycles. The molecule has 0 heterocycles. The second-order valence-electron chi connectivity index (χ2n) is 4.62. The first-order valence-corrected chi connectivity index (χ1v) is 5.61. The summed E-state index contributed by atoms with van der Waals surface area (Å²) in [6.45, 7) is 6.52. The van der Waals surface area contributed by atoms with E-state index in [0.717, 1.165) is 26.2 Å². The molecule has 0 aromatic carbocycles. The highest BCUT2D eigenvalue weighted by molar-refractivity contribution is 4.64. The maximum atomic E-state index is 8.98. The third-order valence-electron chi connectivity index (χ3n) is 2.78. The zero-order valence-corrected chi connectivity index (χ0v) is 10.9. The molecule has 0 spiro atoms. The molecule has 1 N–H and O–H groups in total. The fourth-order valence-corrected chi connectivity index (χ4v) is 1.17. The number of rotatable bonds is 8. The average molecular weight is 217 g/mol. The van der Waals surface area contributed by atoms with Crippen LogP contribution in [0.4, 0.5) is 0 Å². The van der Waals surface area contributed by atoms with E-state index in [1.807, 2.05) is 6.92 Å². The molecule has 0 aliphatic heterocycles. The van der Waals surface area contributed by atoms with Crippen LogP contribution in [0.3, 0.4) is 0 Å². The summed E-state index contributed by atoms with van der Waals surface area (Å²) in [5.41, 5.74) is 0. The van der Waals surface area contributed by atoms with Crippen molar-refractivity contribution in [3.8, 4) is 0 Å². The Kier molecular flexibility index (Phi) is 7.96. The zero-order chi connectivity index (χ0) is 11.8. The van der Waals surface area contributed by atoms with E-state index in [4.69, 9.17) is 5.11 Å². The quantitative estimate of drug-likeness (QED) is 0.609. The van der Waals surface area contributed by atoms with Crippen molar-refractivity contribution in [3.05, 3.63) is 0 Å². The van der Waals surface area contributed by atoms with E-state index in [-0.39, 0.29) is 12.6 Å². The third-order valence-corrected chi connectivity index (χ3v) is 2.78. The van der Waals surface area contributed by atoms with Crippen LogP contribution in [0.2, 0.25) is 0 Å². The van der Waals surface area contributed by atoms with Crippen LogP contribution in [0.15, 0.2) is 0 Å². The molecule has 4 heteroatoms. The Morgan fingerprint density at radius 3 is 1.93 bits per heavy atom. The lowest BCUT2D eigenvalue weighted by molar-refractivity contribution is 0.145. The molecule has 1 unspecified atom stereocenters. The molecular formula is C11H27N3O. The van der Waals surface area contributed by atoms with Gasteiger partial charge in [0, 0.05) is 32.2 Å². The van der Waals surface area contributed by atoms with E-state index in [0.29, 0.717) is 0 Å². The van der Waals surface area contributed by atoms with Gasteiger partial charge in [0.1, 0.15) is 0 Å². The fourth-order valence-electron chi connectivity index (χ4n) is 1.17. The predicted molar refractivity (Wildman–Crippen MR) is 65.2 cm³/mol. The van der Waals surface area contributed by atoms with Crippen molar-refractivity contribution >= 4 is 0 Å². The molecule has 0 saturated heterocycles. The van der Waals surface area contributed by atoms with Gasteiger partial charge >= 0.3 is 0 Å². The molecule has 0 rings (SSSR count). The van der Waals surface area contributed by atoms with E-state index < -0.39 is 0 Å². The van der Waals surface area contributed by atoms with E-state index in [1.54, 1.807) is 0 Å². The van der Waals surface area contributed by atoms with Crippen LogP contribution >= 0.6 is 0 Å². The van der Waals surface area contributed by atoms with Crippen molar-refractivity contribution in [1.82, 2.24) is 14.7 Å². The molecule has 0 aliphatic rings. The number of hydrogen-bond donors (Lipinski definition) is 1. The summed E-state index contributed by atoms with van der Waals surface area (Å²) < 4.78 is 0. The normalized spacial score (nSPS) is 14.2. The Morgan fingerprint density at radius 1 is 0.933 bits per heavy atom. The summed E-state index contributed by atoms with van der Waals surface area (Å²) in [5.74, 6) is 0. The second-order valence-corrected chi connectivity index (χ2v) is 4.62. The molecular weight excluding hydrogens is 190 g/mol. The van der Waals surface area contributed by atoms with Crippen molar-refractivity contribution in [1.29, 1.82) is 0 Å². The lowest BCUT2D eigenvalue weighted by Gasteiger charge is -2.26. The maximum Gasteiger partial charge on any atom is 0.0584 e. The van der Waals surface area contributed by atoms with E-state index >= 15 is 0 Å². The van der Waals surface area contributed by atoms with Crippen LogP contribution < -0.4 is 0 Å². The van der Waals surface area contributed by atoms with Gasteiger partial charge in [-0.05, 0) is 35.1 Å². The molecule has 0 bridgehead atoms. The molecule has 0 radical (unpaired) electrons. The van der Waals surface area contributed by atoms with Crippen molar-refractivity contribution < 1.29 is 5.11 Å². The minimum atomic E-state index is 0.234. The van der Waals surface area contributed by atoms with E-state index in [9.17, 15) is 0 Å². The molecule has 4 nitrogen and oxygen atoms in total. The molecule has 0 fully saturated rings.